The Morgan fingerprint density at radius 1 is 1.07 bits per heavy atom. The number of amides is 2. The van der Waals surface area contributed by atoms with Crippen LogP contribution in [-0.4, -0.2) is 38.0 Å². The fourth-order valence-electron chi connectivity index (χ4n) is 2.44. The minimum atomic E-state index is -1.14. The molecule has 27 heavy (non-hydrogen) atoms. The smallest absolute Gasteiger partial charge is 0.287 e. The monoisotopic (exact) mass is 381 g/mol. The molecule has 3 rings (SSSR count). The molecule has 0 aliphatic heterocycles. The highest BCUT2D eigenvalue weighted by Gasteiger charge is 2.28. The first-order valence-electron chi connectivity index (χ1n) is 7.96. The van der Waals surface area contributed by atoms with Gasteiger partial charge in [-0.2, -0.15) is 4.37 Å². The first-order valence-corrected chi connectivity index (χ1v) is 8.80. The molecule has 1 atom stereocenters. The molecule has 0 spiro atoms. The van der Waals surface area contributed by atoms with E-state index in [4.69, 9.17) is 5.73 Å². The van der Waals surface area contributed by atoms with Crippen LogP contribution < -0.4 is 11.1 Å². The molecule has 9 heteroatoms. The molecule has 0 bridgehead atoms. The maximum Gasteiger partial charge on any atom is 0.287 e. The van der Waals surface area contributed by atoms with Crippen molar-refractivity contribution in [3.8, 4) is 11.3 Å². The molecule has 3 aromatic rings. The van der Waals surface area contributed by atoms with Crippen LogP contribution >= 0.6 is 11.5 Å². The van der Waals surface area contributed by atoms with E-state index < -0.39 is 23.6 Å². The zero-order valence-corrected chi connectivity index (χ0v) is 14.8. The van der Waals surface area contributed by atoms with E-state index >= 15 is 0 Å². The summed E-state index contributed by atoms with van der Waals surface area (Å²) in [6.07, 6.45) is 3.20. The molecule has 2 amide bonds. The van der Waals surface area contributed by atoms with Crippen LogP contribution in [0.3, 0.4) is 0 Å². The van der Waals surface area contributed by atoms with Crippen LogP contribution in [0.5, 0.6) is 0 Å². The van der Waals surface area contributed by atoms with Crippen LogP contribution in [0.4, 0.5) is 0 Å². The normalized spacial score (nSPS) is 11.6. The number of aromatic nitrogens is 3. The third-order valence-corrected chi connectivity index (χ3v) is 4.36. The van der Waals surface area contributed by atoms with E-state index in [0.29, 0.717) is 17.0 Å². The van der Waals surface area contributed by atoms with Gasteiger partial charge in [-0.1, -0.05) is 12.1 Å². The van der Waals surface area contributed by atoms with Crippen molar-refractivity contribution in [1.82, 2.24) is 19.7 Å². The number of nitrogens with zero attached hydrogens (tertiary/aromatic N) is 3. The van der Waals surface area contributed by atoms with Gasteiger partial charge in [-0.25, -0.2) is 0 Å². The maximum atomic E-state index is 12.7. The highest BCUT2D eigenvalue weighted by molar-refractivity contribution is 7.04. The number of pyridine rings is 2. The van der Waals surface area contributed by atoms with Crippen LogP contribution in [0.2, 0.25) is 0 Å². The van der Waals surface area contributed by atoms with E-state index in [1.165, 1.54) is 0 Å². The quantitative estimate of drug-likeness (QED) is 0.588. The van der Waals surface area contributed by atoms with Gasteiger partial charge in [0, 0.05) is 35.5 Å². The maximum absolute atomic E-state index is 12.7. The van der Waals surface area contributed by atoms with E-state index in [1.54, 1.807) is 54.2 Å². The molecule has 1 unspecified atom stereocenters. The summed E-state index contributed by atoms with van der Waals surface area (Å²) in [5.41, 5.74) is 6.92. The van der Waals surface area contributed by atoms with E-state index in [1.807, 2.05) is 0 Å². The molecular formula is C18H15N5O3S. The lowest BCUT2D eigenvalue weighted by molar-refractivity contribution is -0.137. The fraction of sp³-hybridized carbons (Fsp3) is 0.111. The second-order valence-corrected chi connectivity index (χ2v) is 6.20. The molecule has 0 radical (unpaired) electrons. The Morgan fingerprint density at radius 3 is 2.44 bits per heavy atom. The number of rotatable bonds is 7. The van der Waals surface area contributed by atoms with Gasteiger partial charge in [-0.15, -0.1) is 0 Å². The number of Topliss-reactive ketones (excluding diaryl/α,β-unsaturated/α-hetero) is 1. The molecule has 0 aliphatic rings. The van der Waals surface area contributed by atoms with Crippen LogP contribution in [0.25, 0.3) is 11.3 Å². The molecule has 0 fully saturated rings. The number of hydrogen-bond acceptors (Lipinski definition) is 7. The van der Waals surface area contributed by atoms with Crippen molar-refractivity contribution in [3.05, 3.63) is 65.6 Å². The molecule has 0 saturated carbocycles. The number of carbonyl (C=O) groups is 3. The highest BCUT2D eigenvalue weighted by Crippen LogP contribution is 2.23. The average Bonchev–Trinajstić information content (AvgIpc) is 3.18. The Labute approximate surface area is 158 Å². The van der Waals surface area contributed by atoms with Gasteiger partial charge in [0.05, 0.1) is 5.69 Å². The summed E-state index contributed by atoms with van der Waals surface area (Å²) >= 11 is 1.10. The van der Waals surface area contributed by atoms with Gasteiger partial charge < -0.3 is 11.1 Å². The summed E-state index contributed by atoms with van der Waals surface area (Å²) in [5.74, 6) is -2.62. The van der Waals surface area contributed by atoms with Gasteiger partial charge in [0.1, 0.15) is 6.04 Å². The molecular weight excluding hydrogens is 366 g/mol. The summed E-state index contributed by atoms with van der Waals surface area (Å²) in [5, 5.41) is 4.24. The van der Waals surface area contributed by atoms with Crippen molar-refractivity contribution < 1.29 is 14.4 Å². The summed E-state index contributed by atoms with van der Waals surface area (Å²) in [6, 6.07) is 9.33. The Morgan fingerprint density at radius 2 is 1.81 bits per heavy atom. The standard InChI is InChI=1S/C18H15N5O3S/c19-17(25)16(24)14(9-11-5-1-3-7-20-11)22-18(26)15-12(10-27-23-15)13-6-2-4-8-21-13/h1-8,10,14H,9H2,(H2,19,25)(H,22,26). The summed E-state index contributed by atoms with van der Waals surface area (Å²) in [6.45, 7) is 0. The predicted octanol–water partition coefficient (Wildman–Crippen LogP) is 0.996. The zero-order chi connectivity index (χ0) is 19.2. The second-order valence-electron chi connectivity index (χ2n) is 5.57. The average molecular weight is 381 g/mol. The second kappa shape index (κ2) is 8.28. The molecule has 8 nitrogen and oxygen atoms in total. The first-order chi connectivity index (χ1) is 13.1. The SMILES string of the molecule is NC(=O)C(=O)C(Cc1ccccn1)NC(=O)c1nscc1-c1ccccn1. The van der Waals surface area contributed by atoms with Crippen molar-refractivity contribution in [2.45, 2.75) is 12.5 Å². The van der Waals surface area contributed by atoms with Crippen LogP contribution in [0.15, 0.2) is 54.2 Å². The van der Waals surface area contributed by atoms with Crippen molar-refractivity contribution in [1.29, 1.82) is 0 Å². The topological polar surface area (TPSA) is 128 Å². The third-order valence-electron chi connectivity index (χ3n) is 3.73. The Bertz CT molecular complexity index is 959. The largest absolute Gasteiger partial charge is 0.363 e. The summed E-state index contributed by atoms with van der Waals surface area (Å²) < 4.78 is 4.10. The van der Waals surface area contributed by atoms with Gasteiger partial charge >= 0.3 is 0 Å². The molecule has 0 aromatic carbocycles. The van der Waals surface area contributed by atoms with E-state index in [9.17, 15) is 14.4 Å². The predicted molar refractivity (Wildman–Crippen MR) is 98.7 cm³/mol. The van der Waals surface area contributed by atoms with Crippen LogP contribution in [0, 0.1) is 0 Å². The van der Waals surface area contributed by atoms with Gasteiger partial charge in [0.2, 0.25) is 5.78 Å². The lowest BCUT2D eigenvalue weighted by Crippen LogP contribution is -2.47. The Hall–Kier alpha value is -3.46. The fourth-order valence-corrected chi connectivity index (χ4v) is 3.12. The van der Waals surface area contributed by atoms with Crippen LogP contribution in [0.1, 0.15) is 16.2 Å². The van der Waals surface area contributed by atoms with Gasteiger partial charge in [-0.3, -0.25) is 24.4 Å². The van der Waals surface area contributed by atoms with Crippen molar-refractivity contribution in [2.24, 2.45) is 5.73 Å². The first kappa shape index (κ1) is 18.3. The number of nitrogens with two attached hydrogens (primary N) is 1. The molecule has 3 heterocycles. The number of hydrogen-bond donors (Lipinski definition) is 2. The number of carbonyl (C=O) groups excluding carboxylic acids is 3. The third kappa shape index (κ3) is 4.39. The molecule has 136 valence electrons. The zero-order valence-electron chi connectivity index (χ0n) is 14.0. The minimum Gasteiger partial charge on any atom is -0.363 e. The lowest BCUT2D eigenvalue weighted by atomic mass is 10.0. The Kier molecular flexibility index (Phi) is 5.62. The highest BCUT2D eigenvalue weighted by atomic mass is 32.1. The number of ketones is 1. The van der Waals surface area contributed by atoms with Crippen molar-refractivity contribution >= 4 is 29.1 Å². The van der Waals surface area contributed by atoms with E-state index in [-0.39, 0.29) is 12.1 Å². The van der Waals surface area contributed by atoms with Crippen molar-refractivity contribution in [2.75, 3.05) is 0 Å². The number of nitrogens with one attached hydrogen (secondary N) is 1. The number of primary amides is 1. The summed E-state index contributed by atoms with van der Waals surface area (Å²) in [4.78, 5) is 44.6. The molecule has 3 N–H and O–H groups in total. The van der Waals surface area contributed by atoms with Gasteiger partial charge in [0.15, 0.2) is 5.69 Å². The van der Waals surface area contributed by atoms with Crippen LogP contribution in [-0.2, 0) is 16.0 Å². The van der Waals surface area contributed by atoms with E-state index in [0.717, 1.165) is 11.5 Å². The van der Waals surface area contributed by atoms with E-state index in [2.05, 4.69) is 19.7 Å². The van der Waals surface area contributed by atoms with Crippen molar-refractivity contribution in [3.63, 3.8) is 0 Å². The van der Waals surface area contributed by atoms with Gasteiger partial charge in [-0.05, 0) is 35.8 Å². The van der Waals surface area contributed by atoms with Gasteiger partial charge in [0.25, 0.3) is 11.8 Å². The molecule has 0 aliphatic carbocycles. The molecule has 0 saturated heterocycles. The Balaban J connectivity index is 1.84. The lowest BCUT2D eigenvalue weighted by Gasteiger charge is -2.15. The minimum absolute atomic E-state index is 0.0391. The summed E-state index contributed by atoms with van der Waals surface area (Å²) in [7, 11) is 0. The molecule has 3 aromatic heterocycles.